The molecule has 4 heterocycles. The molecular formula is C34H22N4. The first-order valence-corrected chi connectivity index (χ1v) is 12.7. The number of benzene rings is 4. The molecule has 4 nitrogen and oxygen atoms in total. The van der Waals surface area contributed by atoms with E-state index in [1.165, 1.54) is 43.5 Å². The molecule has 38 heavy (non-hydrogen) atoms. The SMILES string of the molecule is c1ccc(-n2ccc3c2ccc2c4ccc5ccccc5c4n(-c4ccc(-c5ccncc5)cn4)c23)cc1. The Morgan fingerprint density at radius 3 is 2.11 bits per heavy atom. The monoisotopic (exact) mass is 486 g/mol. The lowest BCUT2D eigenvalue weighted by Crippen LogP contribution is -1.98. The van der Waals surface area contributed by atoms with Gasteiger partial charge in [0.15, 0.2) is 0 Å². The number of aromatic nitrogens is 4. The van der Waals surface area contributed by atoms with Crippen molar-refractivity contribution < 1.29 is 0 Å². The highest BCUT2D eigenvalue weighted by Crippen LogP contribution is 2.40. The van der Waals surface area contributed by atoms with Gasteiger partial charge in [-0.25, -0.2) is 4.98 Å². The van der Waals surface area contributed by atoms with Gasteiger partial charge in [-0.15, -0.1) is 0 Å². The lowest BCUT2D eigenvalue weighted by atomic mass is 10.1. The van der Waals surface area contributed by atoms with Crippen LogP contribution in [0.15, 0.2) is 134 Å². The maximum absolute atomic E-state index is 5.01. The summed E-state index contributed by atoms with van der Waals surface area (Å²) in [5.41, 5.74) is 6.85. The zero-order valence-electron chi connectivity index (χ0n) is 20.5. The molecular weight excluding hydrogens is 464 g/mol. The molecule has 0 radical (unpaired) electrons. The molecule has 0 aliphatic carbocycles. The number of para-hydroxylation sites is 1. The molecule has 4 heteroatoms. The van der Waals surface area contributed by atoms with Gasteiger partial charge in [-0.3, -0.25) is 9.55 Å². The van der Waals surface area contributed by atoms with E-state index >= 15 is 0 Å². The highest BCUT2D eigenvalue weighted by atomic mass is 15.1. The Morgan fingerprint density at radius 1 is 0.526 bits per heavy atom. The predicted octanol–water partition coefficient (Wildman–Crippen LogP) is 8.34. The number of nitrogens with zero attached hydrogens (tertiary/aromatic N) is 4. The molecule has 0 aliphatic rings. The maximum Gasteiger partial charge on any atom is 0.137 e. The van der Waals surface area contributed by atoms with Crippen molar-refractivity contribution in [2.75, 3.05) is 0 Å². The van der Waals surface area contributed by atoms with Crippen LogP contribution in [0.3, 0.4) is 0 Å². The number of hydrogen-bond acceptors (Lipinski definition) is 2. The van der Waals surface area contributed by atoms with Crippen LogP contribution in [0.5, 0.6) is 0 Å². The summed E-state index contributed by atoms with van der Waals surface area (Å²) >= 11 is 0. The van der Waals surface area contributed by atoms with Gasteiger partial charge < -0.3 is 4.57 Å². The summed E-state index contributed by atoms with van der Waals surface area (Å²) in [5.74, 6) is 0.902. The highest BCUT2D eigenvalue weighted by Gasteiger charge is 2.19. The van der Waals surface area contributed by atoms with E-state index in [0.717, 1.165) is 22.6 Å². The second kappa shape index (κ2) is 8.15. The van der Waals surface area contributed by atoms with Gasteiger partial charge in [-0.05, 0) is 59.5 Å². The summed E-state index contributed by atoms with van der Waals surface area (Å²) in [6.07, 6.45) is 7.76. The first-order chi connectivity index (χ1) is 18.9. The second-order valence-corrected chi connectivity index (χ2v) is 9.58. The van der Waals surface area contributed by atoms with Gasteiger partial charge in [-0.1, -0.05) is 60.7 Å². The van der Waals surface area contributed by atoms with Crippen molar-refractivity contribution in [2.45, 2.75) is 0 Å². The number of fused-ring (bicyclic) bond motifs is 7. The van der Waals surface area contributed by atoms with Crippen LogP contribution in [0.1, 0.15) is 0 Å². The zero-order chi connectivity index (χ0) is 25.1. The summed E-state index contributed by atoms with van der Waals surface area (Å²) in [5, 5.41) is 6.09. The van der Waals surface area contributed by atoms with Crippen LogP contribution in [0.2, 0.25) is 0 Å². The quantitative estimate of drug-likeness (QED) is 0.252. The van der Waals surface area contributed by atoms with Gasteiger partial charge in [0.05, 0.1) is 16.6 Å². The van der Waals surface area contributed by atoms with Crippen LogP contribution in [0.4, 0.5) is 0 Å². The molecule has 0 bridgehead atoms. The predicted molar refractivity (Wildman–Crippen MR) is 156 cm³/mol. The molecule has 4 aromatic heterocycles. The smallest absolute Gasteiger partial charge is 0.137 e. The summed E-state index contributed by atoms with van der Waals surface area (Å²) in [6, 6.07) is 38.6. The molecule has 0 spiro atoms. The highest BCUT2D eigenvalue weighted by molar-refractivity contribution is 6.23. The fourth-order valence-electron chi connectivity index (χ4n) is 5.76. The molecule has 0 fully saturated rings. The fourth-order valence-corrected chi connectivity index (χ4v) is 5.76. The molecule has 178 valence electrons. The number of hydrogen-bond donors (Lipinski definition) is 0. The van der Waals surface area contributed by atoms with Crippen LogP contribution in [-0.4, -0.2) is 19.1 Å². The second-order valence-electron chi connectivity index (χ2n) is 9.58. The summed E-state index contributed by atoms with van der Waals surface area (Å²) in [4.78, 5) is 9.16. The van der Waals surface area contributed by atoms with Crippen molar-refractivity contribution in [3.05, 3.63) is 134 Å². The third-order valence-corrected chi connectivity index (χ3v) is 7.51. The van der Waals surface area contributed by atoms with E-state index in [1.807, 2.05) is 30.7 Å². The molecule has 0 unspecified atom stereocenters. The third-order valence-electron chi connectivity index (χ3n) is 7.51. The normalized spacial score (nSPS) is 11.7. The van der Waals surface area contributed by atoms with Crippen molar-refractivity contribution in [1.29, 1.82) is 0 Å². The van der Waals surface area contributed by atoms with Crippen LogP contribution >= 0.6 is 0 Å². The van der Waals surface area contributed by atoms with Crippen LogP contribution < -0.4 is 0 Å². The van der Waals surface area contributed by atoms with Gasteiger partial charge in [0, 0.05) is 57.6 Å². The minimum atomic E-state index is 0.902. The van der Waals surface area contributed by atoms with Crippen LogP contribution in [0.25, 0.3) is 66.1 Å². The topological polar surface area (TPSA) is 35.6 Å². The summed E-state index contributed by atoms with van der Waals surface area (Å²) in [7, 11) is 0. The molecule has 8 aromatic rings. The van der Waals surface area contributed by atoms with Gasteiger partial charge in [-0.2, -0.15) is 0 Å². The first-order valence-electron chi connectivity index (χ1n) is 12.7. The average Bonchev–Trinajstić information content (AvgIpc) is 3.58. The molecule has 0 atom stereocenters. The van der Waals surface area contributed by atoms with E-state index in [-0.39, 0.29) is 0 Å². The third kappa shape index (κ3) is 3.04. The number of rotatable bonds is 3. The van der Waals surface area contributed by atoms with E-state index in [9.17, 15) is 0 Å². The molecule has 0 saturated carbocycles. The minimum absolute atomic E-state index is 0.902. The Balaban J connectivity index is 1.48. The largest absolute Gasteiger partial charge is 0.316 e. The van der Waals surface area contributed by atoms with Crippen molar-refractivity contribution in [1.82, 2.24) is 19.1 Å². The van der Waals surface area contributed by atoms with Gasteiger partial charge >= 0.3 is 0 Å². The Kier molecular flexibility index (Phi) is 4.49. The van der Waals surface area contributed by atoms with E-state index in [1.54, 1.807) is 0 Å². The summed E-state index contributed by atoms with van der Waals surface area (Å²) < 4.78 is 4.61. The standard InChI is InChI=1S/C34H22N4/c1-2-7-26(8-3-1)37-21-18-30-31(37)14-13-29-28-12-10-24-6-4-5-9-27(24)33(28)38(34(29)30)32-15-11-25(22-36-32)23-16-19-35-20-17-23/h1-22H. The lowest BCUT2D eigenvalue weighted by Gasteiger charge is -2.11. The summed E-state index contributed by atoms with van der Waals surface area (Å²) in [6.45, 7) is 0. The first kappa shape index (κ1) is 20.9. The van der Waals surface area contributed by atoms with Crippen molar-refractivity contribution in [3.8, 4) is 22.6 Å². The Labute approximate surface area is 219 Å². The van der Waals surface area contributed by atoms with Gasteiger partial charge in [0.2, 0.25) is 0 Å². The molecule has 0 aliphatic heterocycles. The van der Waals surface area contributed by atoms with Crippen molar-refractivity contribution in [2.24, 2.45) is 0 Å². The molecule has 4 aromatic carbocycles. The van der Waals surface area contributed by atoms with E-state index < -0.39 is 0 Å². The average molecular weight is 487 g/mol. The van der Waals surface area contributed by atoms with Gasteiger partial charge in [0.25, 0.3) is 0 Å². The van der Waals surface area contributed by atoms with Crippen LogP contribution in [-0.2, 0) is 0 Å². The van der Waals surface area contributed by atoms with Crippen molar-refractivity contribution in [3.63, 3.8) is 0 Å². The molecule has 0 amide bonds. The van der Waals surface area contributed by atoms with E-state index in [0.29, 0.717) is 0 Å². The Morgan fingerprint density at radius 2 is 1.29 bits per heavy atom. The molecule has 0 saturated heterocycles. The lowest BCUT2D eigenvalue weighted by molar-refractivity contribution is 1.09. The van der Waals surface area contributed by atoms with Gasteiger partial charge in [0.1, 0.15) is 5.82 Å². The van der Waals surface area contributed by atoms with Crippen LogP contribution in [0, 0.1) is 0 Å². The van der Waals surface area contributed by atoms with E-state index in [2.05, 4.69) is 117 Å². The zero-order valence-corrected chi connectivity index (χ0v) is 20.5. The minimum Gasteiger partial charge on any atom is -0.316 e. The fraction of sp³-hybridized carbons (Fsp3) is 0. The molecule has 8 rings (SSSR count). The maximum atomic E-state index is 5.01. The number of pyridine rings is 2. The van der Waals surface area contributed by atoms with Crippen molar-refractivity contribution >= 4 is 43.5 Å². The Hall–Kier alpha value is -5.22. The Bertz CT molecular complexity index is 2100. The molecule has 0 N–H and O–H groups in total. The van der Waals surface area contributed by atoms with E-state index in [4.69, 9.17) is 4.98 Å².